The molecule has 0 aliphatic heterocycles. The monoisotopic (exact) mass is 348 g/mol. The number of rotatable bonds is 4. The Morgan fingerprint density at radius 3 is 2.46 bits per heavy atom. The maximum Gasteiger partial charge on any atom is 0.191 e. The van der Waals surface area contributed by atoms with Crippen LogP contribution in [0.25, 0.3) is 0 Å². The van der Waals surface area contributed by atoms with Crippen LogP contribution in [0.5, 0.6) is 0 Å². The molecule has 0 N–H and O–H groups in total. The smallest absolute Gasteiger partial charge is 0.191 e. The van der Waals surface area contributed by atoms with Crippen LogP contribution in [0, 0.1) is 23.2 Å². The summed E-state index contributed by atoms with van der Waals surface area (Å²) in [7, 11) is -1.76. The summed E-state index contributed by atoms with van der Waals surface area (Å²) in [5, 5.41) is 0.224. The van der Waals surface area contributed by atoms with E-state index in [1.807, 2.05) is 6.08 Å². The highest BCUT2D eigenvalue weighted by atomic mass is 28.4. The lowest BCUT2D eigenvalue weighted by molar-refractivity contribution is -0.121. The molecule has 1 unspecified atom stereocenters. The van der Waals surface area contributed by atoms with Gasteiger partial charge in [-0.25, -0.2) is 0 Å². The van der Waals surface area contributed by atoms with Gasteiger partial charge in [-0.2, -0.15) is 0 Å². The zero-order valence-electron chi connectivity index (χ0n) is 16.7. The quantitative estimate of drug-likeness (QED) is 0.477. The van der Waals surface area contributed by atoms with E-state index >= 15 is 0 Å². The normalized spacial score (nSPS) is 34.1. The van der Waals surface area contributed by atoms with Crippen LogP contribution in [-0.4, -0.2) is 20.7 Å². The van der Waals surface area contributed by atoms with Gasteiger partial charge in [0.05, 0.1) is 0 Å². The average molecular weight is 349 g/mol. The van der Waals surface area contributed by atoms with E-state index in [1.54, 1.807) is 0 Å². The van der Waals surface area contributed by atoms with Crippen molar-refractivity contribution < 1.29 is 9.22 Å². The highest BCUT2D eigenvalue weighted by molar-refractivity contribution is 6.74. The molecule has 1 fully saturated rings. The molecule has 0 saturated heterocycles. The Morgan fingerprint density at radius 2 is 2.00 bits per heavy atom. The first-order valence-corrected chi connectivity index (χ1v) is 12.3. The average Bonchev–Trinajstić information content (AvgIpc) is 2.74. The molecule has 2 aliphatic carbocycles. The second kappa shape index (κ2) is 6.57. The minimum Gasteiger partial charge on any atom is -0.417 e. The van der Waals surface area contributed by atoms with Gasteiger partial charge in [-0.3, -0.25) is 4.79 Å². The van der Waals surface area contributed by atoms with Crippen molar-refractivity contribution in [2.75, 3.05) is 6.61 Å². The summed E-state index contributed by atoms with van der Waals surface area (Å²) < 4.78 is 6.57. The van der Waals surface area contributed by atoms with E-state index in [9.17, 15) is 4.79 Å². The minimum atomic E-state index is -1.76. The molecule has 0 heterocycles. The van der Waals surface area contributed by atoms with Gasteiger partial charge in [0.25, 0.3) is 0 Å². The van der Waals surface area contributed by atoms with Crippen molar-refractivity contribution in [3.8, 4) is 0 Å². The summed E-state index contributed by atoms with van der Waals surface area (Å²) in [5.41, 5.74) is 1.24. The van der Waals surface area contributed by atoms with Crippen LogP contribution in [0.2, 0.25) is 18.1 Å². The van der Waals surface area contributed by atoms with E-state index in [0.29, 0.717) is 11.8 Å². The Balaban J connectivity index is 2.21. The van der Waals surface area contributed by atoms with Crippen molar-refractivity contribution in [2.24, 2.45) is 23.2 Å². The lowest BCUT2D eigenvalue weighted by Gasteiger charge is -2.48. The Labute approximate surface area is 149 Å². The number of hydrogen-bond donors (Lipinski definition) is 0. The molecule has 24 heavy (non-hydrogen) atoms. The van der Waals surface area contributed by atoms with Gasteiger partial charge in [0.15, 0.2) is 14.1 Å². The van der Waals surface area contributed by atoms with Crippen LogP contribution < -0.4 is 0 Å². The molecule has 0 bridgehead atoms. The molecular formula is C21H36O2Si. The van der Waals surface area contributed by atoms with Gasteiger partial charge in [-0.1, -0.05) is 45.9 Å². The van der Waals surface area contributed by atoms with Crippen molar-refractivity contribution in [3.05, 3.63) is 24.3 Å². The van der Waals surface area contributed by atoms with E-state index in [1.165, 1.54) is 12.0 Å². The van der Waals surface area contributed by atoms with E-state index in [0.717, 1.165) is 19.4 Å². The molecule has 0 amide bonds. The lowest BCUT2D eigenvalue weighted by Crippen LogP contribution is -2.47. The third-order valence-electron chi connectivity index (χ3n) is 7.16. The maximum absolute atomic E-state index is 12.3. The fourth-order valence-electron chi connectivity index (χ4n) is 4.08. The second-order valence-electron chi connectivity index (χ2n) is 9.66. The lowest BCUT2D eigenvalue weighted by atomic mass is 9.58. The van der Waals surface area contributed by atoms with E-state index < -0.39 is 8.32 Å². The standard InChI is InChI=1S/C21H36O2Si/c1-15(2)17-9-10-18(14-23-24(7,8)20(4,5)6)21(13-17)12-11-19(22)16(21)3/h11-12,16-18H,1,9-10,13-14H2,2-8H3/t16-,17-,18+,21?/m0/s1. The molecule has 1 saturated carbocycles. The number of hydrogen-bond acceptors (Lipinski definition) is 2. The molecule has 1 spiro atoms. The molecule has 3 heteroatoms. The first-order valence-electron chi connectivity index (χ1n) is 9.43. The molecule has 0 radical (unpaired) electrons. The molecule has 2 rings (SSSR count). The van der Waals surface area contributed by atoms with Gasteiger partial charge in [-0.05, 0) is 62.2 Å². The highest BCUT2D eigenvalue weighted by Crippen LogP contribution is 2.54. The topological polar surface area (TPSA) is 26.3 Å². The van der Waals surface area contributed by atoms with E-state index in [4.69, 9.17) is 4.43 Å². The number of allylic oxidation sites excluding steroid dienone is 3. The molecule has 4 atom stereocenters. The van der Waals surface area contributed by atoms with Crippen molar-refractivity contribution in [1.82, 2.24) is 0 Å². The predicted molar refractivity (Wildman–Crippen MR) is 105 cm³/mol. The van der Waals surface area contributed by atoms with Crippen molar-refractivity contribution in [3.63, 3.8) is 0 Å². The largest absolute Gasteiger partial charge is 0.417 e. The zero-order chi connectivity index (χ0) is 18.3. The van der Waals surface area contributed by atoms with E-state index in [2.05, 4.69) is 60.4 Å². The van der Waals surface area contributed by atoms with Crippen molar-refractivity contribution in [1.29, 1.82) is 0 Å². The summed E-state index contributed by atoms with van der Waals surface area (Å²) in [4.78, 5) is 12.3. The number of carbonyl (C=O) groups is 1. The Morgan fingerprint density at radius 1 is 1.38 bits per heavy atom. The van der Waals surface area contributed by atoms with Crippen molar-refractivity contribution >= 4 is 14.1 Å². The molecule has 0 aromatic carbocycles. The Bertz CT molecular complexity index is 541. The highest BCUT2D eigenvalue weighted by Gasteiger charge is 2.51. The van der Waals surface area contributed by atoms with Crippen LogP contribution in [-0.2, 0) is 9.22 Å². The van der Waals surface area contributed by atoms with Crippen molar-refractivity contribution in [2.45, 2.75) is 72.0 Å². The predicted octanol–water partition coefficient (Wildman–Crippen LogP) is 5.76. The van der Waals surface area contributed by atoms with Gasteiger partial charge < -0.3 is 4.43 Å². The van der Waals surface area contributed by atoms with Crippen LogP contribution in [0.1, 0.15) is 53.9 Å². The van der Waals surface area contributed by atoms with Crippen LogP contribution in [0.4, 0.5) is 0 Å². The maximum atomic E-state index is 12.3. The van der Waals surface area contributed by atoms with Gasteiger partial charge in [0.1, 0.15) is 0 Å². The Hall–Kier alpha value is -0.673. The minimum absolute atomic E-state index is 0.0265. The SMILES string of the molecule is C=C(C)[C@H]1CC[C@H](CO[Si](C)(C)C(C)(C)C)C2(C=CC(=O)[C@@H]2C)C1. The third kappa shape index (κ3) is 3.48. The number of ketones is 1. The molecule has 2 aliphatic rings. The zero-order valence-corrected chi connectivity index (χ0v) is 17.7. The summed E-state index contributed by atoms with van der Waals surface area (Å²) in [6.45, 7) is 20.7. The summed E-state index contributed by atoms with van der Waals surface area (Å²) in [6, 6.07) is 0. The third-order valence-corrected chi connectivity index (χ3v) is 11.7. The molecule has 0 aromatic heterocycles. The second-order valence-corrected chi connectivity index (χ2v) is 14.5. The first-order chi connectivity index (χ1) is 10.9. The molecular weight excluding hydrogens is 312 g/mol. The van der Waals surface area contributed by atoms with Crippen LogP contribution in [0.15, 0.2) is 24.3 Å². The van der Waals surface area contributed by atoms with Crippen LogP contribution in [0.3, 0.4) is 0 Å². The molecule has 2 nitrogen and oxygen atoms in total. The summed E-state index contributed by atoms with van der Waals surface area (Å²) >= 11 is 0. The van der Waals surface area contributed by atoms with Gasteiger partial charge >= 0.3 is 0 Å². The van der Waals surface area contributed by atoms with Crippen LogP contribution >= 0.6 is 0 Å². The molecule has 136 valence electrons. The summed E-state index contributed by atoms with van der Waals surface area (Å²) in [5.74, 6) is 1.34. The van der Waals surface area contributed by atoms with Gasteiger partial charge in [0.2, 0.25) is 0 Å². The fourth-order valence-corrected chi connectivity index (χ4v) is 5.13. The van der Waals surface area contributed by atoms with Gasteiger partial charge in [-0.15, -0.1) is 0 Å². The Kier molecular flexibility index (Phi) is 5.38. The number of carbonyl (C=O) groups excluding carboxylic acids is 1. The first kappa shape index (κ1) is 19.6. The van der Waals surface area contributed by atoms with E-state index in [-0.39, 0.29) is 22.2 Å². The summed E-state index contributed by atoms with van der Waals surface area (Å²) in [6.07, 6.45) is 7.41. The fraction of sp³-hybridized carbons (Fsp3) is 0.762. The molecule has 0 aromatic rings. The van der Waals surface area contributed by atoms with Gasteiger partial charge in [0, 0.05) is 17.9 Å².